The van der Waals surface area contributed by atoms with Crippen LogP contribution in [0, 0.1) is 0 Å². The Bertz CT molecular complexity index is 1300. The highest BCUT2D eigenvalue weighted by Crippen LogP contribution is 2.42. The van der Waals surface area contributed by atoms with Gasteiger partial charge >= 0.3 is 0 Å². The van der Waals surface area contributed by atoms with Crippen molar-refractivity contribution in [2.45, 2.75) is 38.8 Å². The van der Waals surface area contributed by atoms with E-state index in [0.717, 1.165) is 12.8 Å². The predicted octanol–water partition coefficient (Wildman–Crippen LogP) is 4.59. The van der Waals surface area contributed by atoms with Gasteiger partial charge in [0.15, 0.2) is 11.5 Å². The summed E-state index contributed by atoms with van der Waals surface area (Å²) in [4.78, 5) is 32.2. The molecule has 0 radical (unpaired) electrons. The summed E-state index contributed by atoms with van der Waals surface area (Å²) in [6, 6.07) is 11.4. The molecule has 4 rings (SSSR count). The number of aryl methyl sites for hydroxylation is 1. The van der Waals surface area contributed by atoms with Crippen LogP contribution in [0.3, 0.4) is 0 Å². The van der Waals surface area contributed by atoms with E-state index in [1.807, 2.05) is 10.8 Å². The molecule has 1 fully saturated rings. The number of imidazole rings is 1. The first kappa shape index (κ1) is 26.8. The van der Waals surface area contributed by atoms with Crippen LogP contribution in [0.5, 0.6) is 17.2 Å². The number of ketones is 1. The normalized spacial score (nSPS) is 16.6. The number of benzene rings is 2. The molecule has 0 aliphatic carbocycles. The van der Waals surface area contributed by atoms with Crippen molar-refractivity contribution in [3.05, 3.63) is 77.9 Å². The van der Waals surface area contributed by atoms with Crippen molar-refractivity contribution in [3.8, 4) is 17.2 Å². The van der Waals surface area contributed by atoms with Crippen molar-refractivity contribution in [1.82, 2.24) is 14.5 Å². The molecule has 1 amide bonds. The number of carbonyl (C=O) groups excluding carboxylic acids is 2. The van der Waals surface area contributed by atoms with Crippen LogP contribution in [0.1, 0.15) is 43.4 Å². The fraction of sp³-hybridized carbons (Fsp3) is 0.345. The summed E-state index contributed by atoms with van der Waals surface area (Å²) in [5.74, 6) is -0.0824. The zero-order valence-corrected chi connectivity index (χ0v) is 21.9. The molecular formula is C29H33N3O6. The van der Waals surface area contributed by atoms with Crippen LogP contribution in [0.25, 0.3) is 5.76 Å². The number of amides is 1. The Labute approximate surface area is 222 Å². The molecule has 1 N–H and O–H groups in total. The fourth-order valence-corrected chi connectivity index (χ4v) is 4.55. The molecule has 1 unspecified atom stereocenters. The maximum Gasteiger partial charge on any atom is 0.295 e. The van der Waals surface area contributed by atoms with Crippen LogP contribution in [0.4, 0.5) is 0 Å². The Hall–Kier alpha value is -4.27. The maximum atomic E-state index is 13.4. The van der Waals surface area contributed by atoms with Crippen molar-refractivity contribution in [1.29, 1.82) is 0 Å². The highest BCUT2D eigenvalue weighted by atomic mass is 16.5. The van der Waals surface area contributed by atoms with Gasteiger partial charge in [-0.15, -0.1) is 0 Å². The number of hydrogen-bond donors (Lipinski definition) is 1. The standard InChI is InChI=1S/C29H33N3O6/c1-4-5-16-38-22-9-6-8-21(17-22)27(33)25-26(20-10-11-23(36-2)24(18-20)37-3)32(29(35)28(25)34)14-7-13-31-15-12-30-19-31/h6,8-12,15,17-19,26,33H,4-5,7,13-14,16H2,1-3H3. The lowest BCUT2D eigenvalue weighted by Gasteiger charge is -2.26. The quantitative estimate of drug-likeness (QED) is 0.162. The van der Waals surface area contributed by atoms with Crippen LogP contribution in [-0.2, 0) is 16.1 Å². The van der Waals surface area contributed by atoms with E-state index in [4.69, 9.17) is 14.2 Å². The Morgan fingerprint density at radius 2 is 1.84 bits per heavy atom. The molecule has 1 aromatic heterocycles. The monoisotopic (exact) mass is 519 g/mol. The summed E-state index contributed by atoms with van der Waals surface area (Å²) in [5.41, 5.74) is 1.05. The number of nitrogens with zero attached hydrogens (tertiary/aromatic N) is 3. The predicted molar refractivity (Wildman–Crippen MR) is 142 cm³/mol. The second-order valence-electron chi connectivity index (χ2n) is 8.99. The minimum Gasteiger partial charge on any atom is -0.507 e. The van der Waals surface area contributed by atoms with Gasteiger partial charge in [-0.25, -0.2) is 4.98 Å². The largest absolute Gasteiger partial charge is 0.507 e. The summed E-state index contributed by atoms with van der Waals surface area (Å²) in [7, 11) is 3.06. The van der Waals surface area contributed by atoms with Crippen LogP contribution in [0.15, 0.2) is 66.8 Å². The molecule has 1 saturated heterocycles. The Morgan fingerprint density at radius 3 is 2.55 bits per heavy atom. The average Bonchev–Trinajstić information content (AvgIpc) is 3.55. The van der Waals surface area contributed by atoms with Crippen molar-refractivity contribution in [2.24, 2.45) is 0 Å². The molecule has 1 aliphatic rings. The van der Waals surface area contributed by atoms with Gasteiger partial charge in [-0.3, -0.25) is 9.59 Å². The van der Waals surface area contributed by atoms with Gasteiger partial charge in [-0.2, -0.15) is 0 Å². The number of methoxy groups -OCH3 is 2. The molecule has 0 bridgehead atoms. The van der Waals surface area contributed by atoms with Gasteiger partial charge in [-0.05, 0) is 42.7 Å². The third-order valence-electron chi connectivity index (χ3n) is 6.51. The number of aromatic nitrogens is 2. The number of likely N-dealkylation sites (tertiary alicyclic amines) is 1. The molecule has 2 heterocycles. The molecule has 0 saturated carbocycles. The van der Waals surface area contributed by atoms with Crippen LogP contribution in [-0.4, -0.2) is 58.6 Å². The Kier molecular flexibility index (Phi) is 8.68. The number of unbranched alkanes of at least 4 members (excludes halogenated alkanes) is 1. The lowest BCUT2D eigenvalue weighted by Crippen LogP contribution is -2.31. The van der Waals surface area contributed by atoms with Gasteiger partial charge in [0.2, 0.25) is 0 Å². The molecule has 3 aromatic rings. The third kappa shape index (κ3) is 5.66. The Balaban J connectivity index is 1.74. The average molecular weight is 520 g/mol. The Morgan fingerprint density at radius 1 is 1.03 bits per heavy atom. The number of aliphatic hydroxyl groups excluding tert-OH is 1. The maximum absolute atomic E-state index is 13.4. The second-order valence-corrected chi connectivity index (χ2v) is 8.99. The summed E-state index contributed by atoms with van der Waals surface area (Å²) in [6.45, 7) is 3.55. The summed E-state index contributed by atoms with van der Waals surface area (Å²) in [6.07, 6.45) is 7.73. The molecule has 9 nitrogen and oxygen atoms in total. The first-order chi connectivity index (χ1) is 18.5. The van der Waals surface area contributed by atoms with Crippen molar-refractivity contribution < 1.29 is 28.9 Å². The van der Waals surface area contributed by atoms with E-state index in [2.05, 4.69) is 11.9 Å². The van der Waals surface area contributed by atoms with Crippen molar-refractivity contribution >= 4 is 17.4 Å². The minimum atomic E-state index is -0.803. The fourth-order valence-electron chi connectivity index (χ4n) is 4.55. The summed E-state index contributed by atoms with van der Waals surface area (Å²) in [5, 5.41) is 11.4. The number of hydrogen-bond acceptors (Lipinski definition) is 7. The smallest absolute Gasteiger partial charge is 0.295 e. The first-order valence-electron chi connectivity index (χ1n) is 12.7. The van der Waals surface area contributed by atoms with E-state index in [1.165, 1.54) is 19.1 Å². The molecular weight excluding hydrogens is 486 g/mol. The summed E-state index contributed by atoms with van der Waals surface area (Å²) < 4.78 is 18.5. The first-order valence-corrected chi connectivity index (χ1v) is 12.7. The van der Waals surface area contributed by atoms with Crippen LogP contribution < -0.4 is 14.2 Å². The lowest BCUT2D eigenvalue weighted by molar-refractivity contribution is -0.139. The van der Waals surface area contributed by atoms with Gasteiger partial charge < -0.3 is 28.8 Å². The van der Waals surface area contributed by atoms with Crippen LogP contribution >= 0.6 is 0 Å². The third-order valence-corrected chi connectivity index (χ3v) is 6.51. The molecule has 38 heavy (non-hydrogen) atoms. The lowest BCUT2D eigenvalue weighted by atomic mass is 9.95. The zero-order chi connectivity index (χ0) is 27.1. The van der Waals surface area contributed by atoms with E-state index in [0.29, 0.717) is 54.5 Å². The SMILES string of the molecule is CCCCOc1cccc(C(O)=C2C(=O)C(=O)N(CCCn3ccnc3)C2c2ccc(OC)c(OC)c2)c1. The van der Waals surface area contributed by atoms with Gasteiger partial charge in [-0.1, -0.05) is 31.5 Å². The van der Waals surface area contributed by atoms with Crippen molar-refractivity contribution in [2.75, 3.05) is 27.4 Å². The van der Waals surface area contributed by atoms with Gasteiger partial charge in [0.1, 0.15) is 11.5 Å². The van der Waals surface area contributed by atoms with Crippen molar-refractivity contribution in [3.63, 3.8) is 0 Å². The highest BCUT2D eigenvalue weighted by Gasteiger charge is 2.46. The van der Waals surface area contributed by atoms with Gasteiger partial charge in [0, 0.05) is 31.0 Å². The zero-order valence-electron chi connectivity index (χ0n) is 21.9. The topological polar surface area (TPSA) is 103 Å². The summed E-state index contributed by atoms with van der Waals surface area (Å²) >= 11 is 0. The number of Topliss-reactive ketones (excluding diaryl/α,β-unsaturated/α-hetero) is 1. The molecule has 200 valence electrons. The number of rotatable bonds is 12. The van der Waals surface area contributed by atoms with E-state index < -0.39 is 17.7 Å². The molecule has 1 atom stereocenters. The van der Waals surface area contributed by atoms with E-state index in [-0.39, 0.29) is 11.3 Å². The van der Waals surface area contributed by atoms with E-state index in [1.54, 1.807) is 55.0 Å². The number of carbonyl (C=O) groups is 2. The van der Waals surface area contributed by atoms with Crippen LogP contribution in [0.2, 0.25) is 0 Å². The highest BCUT2D eigenvalue weighted by molar-refractivity contribution is 6.46. The van der Waals surface area contributed by atoms with Gasteiger partial charge in [0.05, 0.1) is 38.8 Å². The minimum absolute atomic E-state index is 0.0237. The molecule has 0 spiro atoms. The number of ether oxygens (including phenoxy) is 3. The second kappa shape index (κ2) is 12.3. The van der Waals surface area contributed by atoms with E-state index >= 15 is 0 Å². The van der Waals surface area contributed by atoms with Gasteiger partial charge in [0.25, 0.3) is 11.7 Å². The van der Waals surface area contributed by atoms with E-state index in [9.17, 15) is 14.7 Å². The number of aliphatic hydroxyl groups is 1. The molecule has 9 heteroatoms. The molecule has 2 aromatic carbocycles. The molecule has 1 aliphatic heterocycles.